The van der Waals surface area contributed by atoms with Crippen LogP contribution in [0.1, 0.15) is 30.5 Å². The Kier molecular flexibility index (Phi) is 2.93. The molecule has 0 spiro atoms. The highest BCUT2D eigenvalue weighted by Crippen LogP contribution is 2.38. The van der Waals surface area contributed by atoms with Crippen LogP contribution in [0.15, 0.2) is 10.5 Å². The number of rotatable bonds is 1. The van der Waals surface area contributed by atoms with E-state index in [9.17, 15) is 10.2 Å². The fraction of sp³-hybridized carbons (Fsp3) is 0.455. The summed E-state index contributed by atoms with van der Waals surface area (Å²) < 4.78 is 0.662. The van der Waals surface area contributed by atoms with Gasteiger partial charge in [-0.25, -0.2) is 0 Å². The highest BCUT2D eigenvalue weighted by Gasteiger charge is 2.23. The maximum atomic E-state index is 9.83. The smallest absolute Gasteiger partial charge is 0.136 e. The third-order valence-electron chi connectivity index (χ3n) is 2.40. The first-order chi connectivity index (χ1) is 6.25. The SMILES string of the molecule is Cc1cc(C(C)(C)O)c(O)c(Br)c1C. The van der Waals surface area contributed by atoms with Crippen LogP contribution >= 0.6 is 15.9 Å². The van der Waals surface area contributed by atoms with E-state index in [1.165, 1.54) is 0 Å². The molecule has 0 aliphatic carbocycles. The molecule has 1 aromatic carbocycles. The molecule has 0 aliphatic heterocycles. The fourth-order valence-corrected chi connectivity index (χ4v) is 1.85. The molecule has 2 nitrogen and oxygen atoms in total. The van der Waals surface area contributed by atoms with E-state index in [0.29, 0.717) is 10.0 Å². The van der Waals surface area contributed by atoms with Crippen molar-refractivity contribution < 1.29 is 10.2 Å². The van der Waals surface area contributed by atoms with E-state index in [4.69, 9.17) is 0 Å². The van der Waals surface area contributed by atoms with Crippen molar-refractivity contribution in [2.24, 2.45) is 0 Å². The largest absolute Gasteiger partial charge is 0.506 e. The van der Waals surface area contributed by atoms with Gasteiger partial charge in [0.25, 0.3) is 0 Å². The predicted molar refractivity (Wildman–Crippen MR) is 60.5 cm³/mol. The second-order valence-corrected chi connectivity index (χ2v) is 4.88. The highest BCUT2D eigenvalue weighted by molar-refractivity contribution is 9.10. The quantitative estimate of drug-likeness (QED) is 0.813. The summed E-state index contributed by atoms with van der Waals surface area (Å²) in [5.74, 6) is 0.126. The summed E-state index contributed by atoms with van der Waals surface area (Å²) >= 11 is 3.31. The lowest BCUT2D eigenvalue weighted by molar-refractivity contribution is 0.0756. The number of halogens is 1. The second-order valence-electron chi connectivity index (χ2n) is 4.09. The molecular formula is C11H15BrO2. The Morgan fingerprint density at radius 1 is 1.29 bits per heavy atom. The van der Waals surface area contributed by atoms with Crippen LogP contribution in [0.25, 0.3) is 0 Å². The van der Waals surface area contributed by atoms with Crippen LogP contribution < -0.4 is 0 Å². The van der Waals surface area contributed by atoms with Crippen LogP contribution in [-0.2, 0) is 5.60 Å². The van der Waals surface area contributed by atoms with Crippen molar-refractivity contribution in [1.82, 2.24) is 0 Å². The topological polar surface area (TPSA) is 40.5 Å². The van der Waals surface area contributed by atoms with Crippen molar-refractivity contribution in [2.45, 2.75) is 33.3 Å². The molecule has 0 amide bonds. The fourth-order valence-electron chi connectivity index (χ4n) is 1.33. The minimum absolute atomic E-state index is 0.126. The van der Waals surface area contributed by atoms with Crippen molar-refractivity contribution in [3.8, 4) is 5.75 Å². The van der Waals surface area contributed by atoms with Crippen molar-refractivity contribution >= 4 is 15.9 Å². The third kappa shape index (κ3) is 1.93. The van der Waals surface area contributed by atoms with Gasteiger partial charge in [0.1, 0.15) is 5.75 Å². The standard InChI is InChI=1S/C11H15BrO2/c1-6-5-8(11(3,4)14)10(13)9(12)7(6)2/h5,13-14H,1-4H3. The zero-order chi connectivity index (χ0) is 11.1. The first-order valence-corrected chi connectivity index (χ1v) is 5.26. The summed E-state index contributed by atoms with van der Waals surface area (Å²) in [5.41, 5.74) is 1.57. The van der Waals surface area contributed by atoms with Gasteiger partial charge >= 0.3 is 0 Å². The van der Waals surface area contributed by atoms with E-state index in [1.807, 2.05) is 19.9 Å². The molecule has 0 fully saturated rings. The van der Waals surface area contributed by atoms with Crippen LogP contribution in [0.2, 0.25) is 0 Å². The average molecular weight is 259 g/mol. The molecule has 0 aromatic heterocycles. The Morgan fingerprint density at radius 2 is 1.79 bits per heavy atom. The number of benzene rings is 1. The van der Waals surface area contributed by atoms with Crippen LogP contribution in [0.3, 0.4) is 0 Å². The molecule has 0 saturated heterocycles. The number of phenolic OH excluding ortho intramolecular Hbond substituents is 1. The van der Waals surface area contributed by atoms with E-state index in [2.05, 4.69) is 15.9 Å². The van der Waals surface area contributed by atoms with Crippen molar-refractivity contribution in [2.75, 3.05) is 0 Å². The van der Waals surface area contributed by atoms with Gasteiger partial charge in [0, 0.05) is 5.56 Å². The molecule has 1 rings (SSSR count). The lowest BCUT2D eigenvalue weighted by Crippen LogP contribution is -2.16. The Hall–Kier alpha value is -0.540. The molecule has 14 heavy (non-hydrogen) atoms. The summed E-state index contributed by atoms with van der Waals surface area (Å²) in [4.78, 5) is 0. The molecule has 0 bridgehead atoms. The molecule has 78 valence electrons. The molecule has 1 aromatic rings. The molecule has 0 unspecified atom stereocenters. The van der Waals surface area contributed by atoms with Gasteiger partial charge in [-0.2, -0.15) is 0 Å². The Balaban J connectivity index is 3.49. The number of hydrogen-bond acceptors (Lipinski definition) is 2. The molecule has 3 heteroatoms. The lowest BCUT2D eigenvalue weighted by Gasteiger charge is -2.21. The zero-order valence-corrected chi connectivity index (χ0v) is 10.4. The Morgan fingerprint density at radius 3 is 2.21 bits per heavy atom. The van der Waals surface area contributed by atoms with Crippen LogP contribution in [-0.4, -0.2) is 10.2 Å². The maximum Gasteiger partial charge on any atom is 0.136 e. The van der Waals surface area contributed by atoms with Gasteiger partial charge in [0.05, 0.1) is 10.1 Å². The Labute approximate surface area is 92.7 Å². The first kappa shape index (κ1) is 11.5. The van der Waals surface area contributed by atoms with E-state index >= 15 is 0 Å². The van der Waals surface area contributed by atoms with E-state index in [0.717, 1.165) is 11.1 Å². The van der Waals surface area contributed by atoms with Gasteiger partial charge < -0.3 is 10.2 Å². The summed E-state index contributed by atoms with van der Waals surface area (Å²) in [7, 11) is 0. The first-order valence-electron chi connectivity index (χ1n) is 4.46. The second kappa shape index (κ2) is 3.55. The van der Waals surface area contributed by atoms with Crippen molar-refractivity contribution in [3.05, 3.63) is 27.2 Å². The van der Waals surface area contributed by atoms with Gasteiger partial charge in [-0.05, 0) is 60.8 Å². The van der Waals surface area contributed by atoms with E-state index in [1.54, 1.807) is 13.8 Å². The number of aromatic hydroxyl groups is 1. The average Bonchev–Trinajstić information content (AvgIpc) is 2.06. The zero-order valence-electron chi connectivity index (χ0n) is 8.85. The van der Waals surface area contributed by atoms with Gasteiger partial charge in [0.2, 0.25) is 0 Å². The summed E-state index contributed by atoms with van der Waals surface area (Å²) in [6.45, 7) is 7.19. The van der Waals surface area contributed by atoms with Crippen LogP contribution in [0.4, 0.5) is 0 Å². The molecule has 0 aliphatic rings. The number of phenols is 1. The van der Waals surface area contributed by atoms with Crippen molar-refractivity contribution in [1.29, 1.82) is 0 Å². The van der Waals surface area contributed by atoms with Gasteiger partial charge in [0.15, 0.2) is 0 Å². The molecule has 0 atom stereocenters. The molecule has 0 radical (unpaired) electrons. The lowest BCUT2D eigenvalue weighted by atomic mass is 9.94. The molecular weight excluding hydrogens is 244 g/mol. The van der Waals surface area contributed by atoms with Gasteiger partial charge in [-0.1, -0.05) is 0 Å². The van der Waals surface area contributed by atoms with E-state index in [-0.39, 0.29) is 5.75 Å². The van der Waals surface area contributed by atoms with Crippen LogP contribution in [0.5, 0.6) is 5.75 Å². The molecule has 0 saturated carbocycles. The number of aryl methyl sites for hydroxylation is 1. The van der Waals surface area contributed by atoms with Gasteiger partial charge in [-0.15, -0.1) is 0 Å². The third-order valence-corrected chi connectivity index (χ3v) is 3.37. The van der Waals surface area contributed by atoms with E-state index < -0.39 is 5.60 Å². The Bertz CT molecular complexity index is 365. The molecule has 0 heterocycles. The predicted octanol–water partition coefficient (Wildman–Crippen LogP) is 3.00. The summed E-state index contributed by atoms with van der Waals surface area (Å²) in [6, 6.07) is 1.81. The van der Waals surface area contributed by atoms with Crippen LogP contribution in [0, 0.1) is 13.8 Å². The monoisotopic (exact) mass is 258 g/mol. The molecule has 2 N–H and O–H groups in total. The highest BCUT2D eigenvalue weighted by atomic mass is 79.9. The normalized spacial score (nSPS) is 11.9. The maximum absolute atomic E-state index is 9.83. The number of aliphatic hydroxyl groups is 1. The summed E-state index contributed by atoms with van der Waals surface area (Å²) in [6.07, 6.45) is 0. The minimum Gasteiger partial charge on any atom is -0.506 e. The minimum atomic E-state index is -1.02. The van der Waals surface area contributed by atoms with Crippen molar-refractivity contribution in [3.63, 3.8) is 0 Å². The summed E-state index contributed by atoms with van der Waals surface area (Å²) in [5, 5.41) is 19.7. The number of hydrogen-bond donors (Lipinski definition) is 2. The van der Waals surface area contributed by atoms with Gasteiger partial charge in [-0.3, -0.25) is 0 Å².